The minimum atomic E-state index is -1.09. The molecule has 3 heterocycles. The lowest BCUT2D eigenvalue weighted by Crippen LogP contribution is -2.63. The number of nitrogens with one attached hydrogen (secondary N) is 1. The highest BCUT2D eigenvalue weighted by Crippen LogP contribution is 2.52. The molecule has 0 spiro atoms. The fourth-order valence-corrected chi connectivity index (χ4v) is 6.46. The Balaban J connectivity index is 0.00000289. The Morgan fingerprint density at radius 3 is 2.56 bits per heavy atom. The molecule has 6 N–H and O–H groups in total. The molecule has 176 valence electrons. The zero-order chi connectivity index (χ0) is 22.4. The molecule has 32 heavy (non-hydrogen) atoms. The molecule has 10 heteroatoms. The van der Waals surface area contributed by atoms with Crippen LogP contribution < -0.4 is 11.1 Å². The summed E-state index contributed by atoms with van der Waals surface area (Å²) in [5.41, 5.74) is 7.95. The van der Waals surface area contributed by atoms with Gasteiger partial charge in [-0.15, -0.1) is 24.2 Å². The maximum atomic E-state index is 12.5. The third kappa shape index (κ3) is 4.18. The zero-order valence-corrected chi connectivity index (χ0v) is 19.6. The quantitative estimate of drug-likeness (QED) is 0.367. The Labute approximate surface area is 197 Å². The van der Waals surface area contributed by atoms with E-state index in [0.29, 0.717) is 0 Å². The molecule has 1 aromatic rings. The highest BCUT2D eigenvalue weighted by molar-refractivity contribution is 8.03. The number of aliphatic hydroxyl groups is 2. The van der Waals surface area contributed by atoms with E-state index in [1.807, 2.05) is 31.2 Å². The lowest BCUT2D eigenvalue weighted by Gasteiger charge is -2.46. The van der Waals surface area contributed by atoms with Gasteiger partial charge in [-0.2, -0.15) is 0 Å². The first-order chi connectivity index (χ1) is 14.7. The van der Waals surface area contributed by atoms with Crippen LogP contribution in [0.25, 0.3) is 0 Å². The molecular formula is C22H30ClN3O5S. The van der Waals surface area contributed by atoms with Crippen molar-refractivity contribution in [2.45, 2.75) is 49.7 Å². The summed E-state index contributed by atoms with van der Waals surface area (Å²) in [5.74, 6) is -2.05. The van der Waals surface area contributed by atoms with Crippen LogP contribution in [0.3, 0.4) is 0 Å². The molecule has 2 saturated heterocycles. The summed E-state index contributed by atoms with van der Waals surface area (Å²) >= 11 is 1.54. The van der Waals surface area contributed by atoms with E-state index >= 15 is 0 Å². The van der Waals surface area contributed by atoms with Gasteiger partial charge in [-0.05, 0) is 24.5 Å². The Hall–Kier alpha value is -1.62. The van der Waals surface area contributed by atoms with Crippen molar-refractivity contribution in [2.24, 2.45) is 17.6 Å². The van der Waals surface area contributed by atoms with Gasteiger partial charge in [0.25, 0.3) is 0 Å². The minimum Gasteiger partial charge on any atom is -0.477 e. The second-order valence-electron chi connectivity index (χ2n) is 8.66. The molecule has 1 amide bonds. The standard InChI is InChI=1S/C22H29N3O5S.ClH/c1-10-18-17(11(2)27)21(28)25(18)19(22(29)30)20(10)31-14-7-16(24-8-14)13-5-3-12(4-6-13)15(23)9-26;/h3-6,10-11,14-18,24,26-27H,7-9,23H2,1-2H3,(H,29,30);1H/t10-,11-,14+,15?,16-,17-,18-;/m1./s1. The first kappa shape index (κ1) is 25.0. The maximum absolute atomic E-state index is 12.5. The Morgan fingerprint density at radius 2 is 2.00 bits per heavy atom. The van der Waals surface area contributed by atoms with Crippen molar-refractivity contribution in [3.05, 3.63) is 46.0 Å². The monoisotopic (exact) mass is 483 g/mol. The smallest absolute Gasteiger partial charge is 0.353 e. The first-order valence-corrected chi connectivity index (χ1v) is 11.5. The van der Waals surface area contributed by atoms with Crippen molar-refractivity contribution < 1.29 is 24.9 Å². The zero-order valence-electron chi connectivity index (χ0n) is 18.0. The molecule has 0 saturated carbocycles. The van der Waals surface area contributed by atoms with Gasteiger partial charge in [0, 0.05) is 28.7 Å². The van der Waals surface area contributed by atoms with E-state index in [1.54, 1.807) is 18.7 Å². The number of halogens is 1. The molecule has 3 aliphatic heterocycles. The molecule has 2 fully saturated rings. The van der Waals surface area contributed by atoms with Crippen LogP contribution in [0.2, 0.25) is 0 Å². The SMILES string of the molecule is C[C@@H](O)[C@H]1C(=O)N2C(C(=O)O)=C(S[C@@H]3CN[C@@H](c4ccc(C(N)CO)cc4)C3)[C@H](C)[C@H]12.Cl. The van der Waals surface area contributed by atoms with E-state index in [0.717, 1.165) is 29.0 Å². The largest absolute Gasteiger partial charge is 0.477 e. The van der Waals surface area contributed by atoms with E-state index in [4.69, 9.17) is 5.73 Å². The summed E-state index contributed by atoms with van der Waals surface area (Å²) in [7, 11) is 0. The molecule has 7 atom stereocenters. The van der Waals surface area contributed by atoms with Gasteiger partial charge in [0.15, 0.2) is 0 Å². The molecular weight excluding hydrogens is 454 g/mol. The van der Waals surface area contributed by atoms with Crippen LogP contribution in [-0.4, -0.2) is 62.6 Å². The van der Waals surface area contributed by atoms with Crippen molar-refractivity contribution in [2.75, 3.05) is 13.2 Å². The fraction of sp³-hybridized carbons (Fsp3) is 0.545. The Morgan fingerprint density at radius 1 is 1.34 bits per heavy atom. The van der Waals surface area contributed by atoms with Crippen molar-refractivity contribution >= 4 is 36.0 Å². The number of thioether (sulfide) groups is 1. The van der Waals surface area contributed by atoms with Crippen LogP contribution in [-0.2, 0) is 9.59 Å². The number of amides is 1. The number of carboxylic acids is 1. The number of nitrogens with two attached hydrogens (primary N) is 1. The van der Waals surface area contributed by atoms with Crippen molar-refractivity contribution in [1.29, 1.82) is 0 Å². The Bertz CT molecular complexity index is 909. The van der Waals surface area contributed by atoms with Crippen LogP contribution >= 0.6 is 24.2 Å². The number of carboxylic acid groups (broad SMARTS) is 1. The number of carbonyl (C=O) groups excluding carboxylic acids is 1. The van der Waals surface area contributed by atoms with Gasteiger partial charge in [-0.1, -0.05) is 31.2 Å². The number of carbonyl (C=O) groups is 2. The molecule has 1 unspecified atom stereocenters. The number of rotatable bonds is 7. The number of hydrogen-bond donors (Lipinski definition) is 5. The lowest BCUT2D eigenvalue weighted by atomic mass is 9.79. The van der Waals surface area contributed by atoms with Crippen LogP contribution in [0.4, 0.5) is 0 Å². The van der Waals surface area contributed by atoms with Gasteiger partial charge >= 0.3 is 5.97 Å². The minimum absolute atomic E-state index is 0. The summed E-state index contributed by atoms with van der Waals surface area (Å²) in [6.07, 6.45) is 0.0347. The molecule has 1 aromatic carbocycles. The molecule has 3 aliphatic rings. The number of fused-ring (bicyclic) bond motifs is 1. The molecule has 8 nitrogen and oxygen atoms in total. The average molecular weight is 484 g/mol. The second kappa shape index (κ2) is 9.70. The van der Waals surface area contributed by atoms with E-state index in [2.05, 4.69) is 5.32 Å². The van der Waals surface area contributed by atoms with Gasteiger partial charge in [0.05, 0.1) is 30.7 Å². The third-order valence-electron chi connectivity index (χ3n) is 6.66. The van der Waals surface area contributed by atoms with Crippen LogP contribution in [0.15, 0.2) is 34.9 Å². The average Bonchev–Trinajstić information content (AvgIpc) is 3.29. The molecule has 0 aromatic heterocycles. The fourth-order valence-electron chi connectivity index (χ4n) is 4.99. The number of hydrogen-bond acceptors (Lipinski definition) is 7. The normalized spacial score (nSPS) is 31.1. The van der Waals surface area contributed by atoms with Crippen LogP contribution in [0, 0.1) is 11.8 Å². The number of aliphatic carboxylic acids is 1. The molecule has 0 radical (unpaired) electrons. The summed E-state index contributed by atoms with van der Waals surface area (Å²) < 4.78 is 0. The molecule has 4 rings (SSSR count). The van der Waals surface area contributed by atoms with Crippen molar-refractivity contribution in [3.63, 3.8) is 0 Å². The molecule has 0 bridgehead atoms. The predicted molar refractivity (Wildman–Crippen MR) is 124 cm³/mol. The lowest BCUT2D eigenvalue weighted by molar-refractivity contribution is -0.163. The van der Waals surface area contributed by atoms with Gasteiger partial charge in [-0.3, -0.25) is 4.79 Å². The van der Waals surface area contributed by atoms with Gasteiger partial charge in [0.2, 0.25) is 5.91 Å². The van der Waals surface area contributed by atoms with E-state index < -0.39 is 24.0 Å². The predicted octanol–water partition coefficient (Wildman–Crippen LogP) is 1.39. The van der Waals surface area contributed by atoms with Gasteiger partial charge in [0.1, 0.15) is 5.70 Å². The summed E-state index contributed by atoms with van der Waals surface area (Å²) in [4.78, 5) is 26.6. The van der Waals surface area contributed by atoms with Crippen LogP contribution in [0.5, 0.6) is 0 Å². The van der Waals surface area contributed by atoms with Crippen molar-refractivity contribution in [3.8, 4) is 0 Å². The first-order valence-electron chi connectivity index (χ1n) is 10.6. The van der Waals surface area contributed by atoms with Crippen LogP contribution in [0.1, 0.15) is 43.5 Å². The summed E-state index contributed by atoms with van der Waals surface area (Å²) in [5, 5.41) is 32.6. The highest BCUT2D eigenvalue weighted by Gasteiger charge is 2.60. The van der Waals surface area contributed by atoms with Gasteiger partial charge in [-0.25, -0.2) is 4.79 Å². The van der Waals surface area contributed by atoms with E-state index in [1.165, 1.54) is 4.90 Å². The topological polar surface area (TPSA) is 136 Å². The summed E-state index contributed by atoms with van der Waals surface area (Å²) in [6, 6.07) is 7.34. The number of aliphatic hydroxyl groups excluding tert-OH is 2. The van der Waals surface area contributed by atoms with Gasteiger partial charge < -0.3 is 31.3 Å². The number of β-lactam (4-membered cyclic amide) rings is 1. The highest BCUT2D eigenvalue weighted by atomic mass is 35.5. The molecule has 0 aliphatic carbocycles. The maximum Gasteiger partial charge on any atom is 0.353 e. The summed E-state index contributed by atoms with van der Waals surface area (Å²) in [6.45, 7) is 4.16. The number of benzene rings is 1. The number of nitrogens with zero attached hydrogens (tertiary/aromatic N) is 1. The third-order valence-corrected chi connectivity index (χ3v) is 8.17. The Kier molecular flexibility index (Phi) is 7.59. The van der Waals surface area contributed by atoms with E-state index in [9.17, 15) is 24.9 Å². The second-order valence-corrected chi connectivity index (χ2v) is 10.0. The van der Waals surface area contributed by atoms with E-state index in [-0.39, 0.29) is 53.9 Å². The van der Waals surface area contributed by atoms with Crippen molar-refractivity contribution in [1.82, 2.24) is 10.2 Å².